The Bertz CT molecular complexity index is 952. The largest absolute Gasteiger partial charge is 0.495 e. The summed E-state index contributed by atoms with van der Waals surface area (Å²) in [4.78, 5) is 16.8. The number of amides is 1. The molecule has 8 heteroatoms. The molecule has 2 aromatic rings. The Morgan fingerprint density at radius 3 is 2.28 bits per heavy atom. The van der Waals surface area contributed by atoms with Crippen molar-refractivity contribution in [1.82, 2.24) is 9.62 Å². The van der Waals surface area contributed by atoms with Gasteiger partial charge in [-0.15, -0.1) is 0 Å². The van der Waals surface area contributed by atoms with Crippen molar-refractivity contribution in [1.29, 1.82) is 0 Å². The maximum atomic E-state index is 12.8. The number of anilines is 1. The van der Waals surface area contributed by atoms with E-state index in [2.05, 4.69) is 9.62 Å². The van der Waals surface area contributed by atoms with Gasteiger partial charge < -0.3 is 14.5 Å². The van der Waals surface area contributed by atoms with Crippen LogP contribution in [0.5, 0.6) is 5.75 Å². The normalized spacial score (nSPS) is 15.8. The molecule has 29 heavy (non-hydrogen) atoms. The summed E-state index contributed by atoms with van der Waals surface area (Å²) in [7, 11) is -2.11. The first-order valence-corrected chi connectivity index (χ1v) is 11.1. The maximum Gasteiger partial charge on any atom is 0.241 e. The number of hydrogen-bond acceptors (Lipinski definition) is 5. The third-order valence-corrected chi connectivity index (χ3v) is 6.61. The predicted octanol–water partition coefficient (Wildman–Crippen LogP) is 2.02. The Labute approximate surface area is 172 Å². The Hall–Kier alpha value is -2.58. The third-order valence-electron chi connectivity index (χ3n) is 5.05. The van der Waals surface area contributed by atoms with Gasteiger partial charge in [0.15, 0.2) is 0 Å². The molecule has 1 aliphatic rings. The highest BCUT2D eigenvalue weighted by Crippen LogP contribution is 2.28. The van der Waals surface area contributed by atoms with Crippen molar-refractivity contribution in [2.45, 2.75) is 24.8 Å². The van der Waals surface area contributed by atoms with E-state index in [0.717, 1.165) is 17.0 Å². The predicted molar refractivity (Wildman–Crippen MR) is 113 cm³/mol. The molecule has 3 rings (SSSR count). The minimum atomic E-state index is -3.75. The van der Waals surface area contributed by atoms with Gasteiger partial charge in [-0.25, -0.2) is 8.42 Å². The van der Waals surface area contributed by atoms with E-state index in [0.29, 0.717) is 26.2 Å². The lowest BCUT2D eigenvalue weighted by atomic mass is 10.2. The standard InChI is InChI=1S/C21H27N3O4S/c1-16-8-10-18(11-9-16)29(26,27)22-17(2)21(25)24-14-12-23(13-15-24)19-6-4-5-7-20(19)28-3/h4-11,17,22H,12-15H2,1-3H3/t17-/m1/s1. The zero-order valence-corrected chi connectivity index (χ0v) is 17.8. The number of benzene rings is 2. The Morgan fingerprint density at radius 2 is 1.66 bits per heavy atom. The van der Waals surface area contributed by atoms with Crippen LogP contribution in [0.4, 0.5) is 5.69 Å². The van der Waals surface area contributed by atoms with Crippen LogP contribution < -0.4 is 14.4 Å². The zero-order valence-electron chi connectivity index (χ0n) is 17.0. The molecule has 0 radical (unpaired) electrons. The fraction of sp³-hybridized carbons (Fsp3) is 0.381. The van der Waals surface area contributed by atoms with E-state index >= 15 is 0 Å². The molecule has 1 amide bonds. The summed E-state index contributed by atoms with van der Waals surface area (Å²) in [5.74, 6) is 0.576. The van der Waals surface area contributed by atoms with Crippen LogP contribution in [0.25, 0.3) is 0 Å². The number of methoxy groups -OCH3 is 1. The SMILES string of the molecule is COc1ccccc1N1CCN(C(=O)[C@@H](C)NS(=O)(=O)c2ccc(C)cc2)CC1. The first kappa shape index (κ1) is 21.1. The van der Waals surface area contributed by atoms with Crippen LogP contribution in [0.15, 0.2) is 53.4 Å². The first-order chi connectivity index (χ1) is 13.8. The first-order valence-electron chi connectivity index (χ1n) is 9.57. The van der Waals surface area contributed by atoms with E-state index in [1.165, 1.54) is 0 Å². The molecule has 0 aliphatic carbocycles. The smallest absolute Gasteiger partial charge is 0.241 e. The summed E-state index contributed by atoms with van der Waals surface area (Å²) in [6.45, 7) is 5.83. The second-order valence-corrected chi connectivity index (χ2v) is 8.85. The van der Waals surface area contributed by atoms with Crippen molar-refractivity contribution in [3.63, 3.8) is 0 Å². The topological polar surface area (TPSA) is 79.0 Å². The number of ether oxygens (including phenoxy) is 1. The van der Waals surface area contributed by atoms with Crippen LogP contribution in [-0.2, 0) is 14.8 Å². The number of rotatable bonds is 6. The minimum absolute atomic E-state index is 0.156. The Balaban J connectivity index is 1.60. The van der Waals surface area contributed by atoms with Crippen LogP contribution in [0.3, 0.4) is 0 Å². The van der Waals surface area contributed by atoms with Gasteiger partial charge in [-0.3, -0.25) is 4.79 Å². The van der Waals surface area contributed by atoms with Gasteiger partial charge in [-0.1, -0.05) is 29.8 Å². The number of nitrogens with zero attached hydrogens (tertiary/aromatic N) is 2. The van der Waals surface area contributed by atoms with Crippen LogP contribution in [0.1, 0.15) is 12.5 Å². The fourth-order valence-corrected chi connectivity index (χ4v) is 4.60. The maximum absolute atomic E-state index is 12.8. The summed E-state index contributed by atoms with van der Waals surface area (Å²) in [5, 5.41) is 0. The fourth-order valence-electron chi connectivity index (χ4n) is 3.40. The second-order valence-electron chi connectivity index (χ2n) is 7.14. The van der Waals surface area contributed by atoms with Crippen molar-refractivity contribution >= 4 is 21.6 Å². The second kappa shape index (κ2) is 8.84. The monoisotopic (exact) mass is 417 g/mol. The number of hydrogen-bond donors (Lipinski definition) is 1. The quantitative estimate of drug-likeness (QED) is 0.778. The van der Waals surface area contributed by atoms with E-state index in [4.69, 9.17) is 4.74 Å². The van der Waals surface area contributed by atoms with Gasteiger partial charge in [0.2, 0.25) is 15.9 Å². The van der Waals surface area contributed by atoms with E-state index in [9.17, 15) is 13.2 Å². The minimum Gasteiger partial charge on any atom is -0.495 e. The van der Waals surface area contributed by atoms with E-state index in [1.54, 1.807) is 43.2 Å². The van der Waals surface area contributed by atoms with Crippen molar-refractivity contribution in [3.05, 3.63) is 54.1 Å². The molecule has 1 saturated heterocycles. The van der Waals surface area contributed by atoms with Gasteiger partial charge in [-0.05, 0) is 38.1 Å². The third kappa shape index (κ3) is 4.89. The van der Waals surface area contributed by atoms with E-state index in [-0.39, 0.29) is 10.8 Å². The number of aryl methyl sites for hydroxylation is 1. The highest BCUT2D eigenvalue weighted by atomic mass is 32.2. The van der Waals surface area contributed by atoms with Gasteiger partial charge in [0.25, 0.3) is 0 Å². The number of para-hydroxylation sites is 2. The van der Waals surface area contributed by atoms with Crippen LogP contribution in [-0.4, -0.2) is 58.6 Å². The van der Waals surface area contributed by atoms with Crippen molar-refractivity contribution in [2.24, 2.45) is 0 Å². The molecular weight excluding hydrogens is 390 g/mol. The average molecular weight is 418 g/mol. The summed E-state index contributed by atoms with van der Waals surface area (Å²) in [5.41, 5.74) is 1.97. The number of carbonyl (C=O) groups excluding carboxylic acids is 1. The summed E-state index contributed by atoms with van der Waals surface area (Å²) < 4.78 is 33.0. The molecule has 156 valence electrons. The van der Waals surface area contributed by atoms with Gasteiger partial charge in [0.05, 0.1) is 23.7 Å². The lowest BCUT2D eigenvalue weighted by Gasteiger charge is -2.37. The highest BCUT2D eigenvalue weighted by Gasteiger charge is 2.28. The van der Waals surface area contributed by atoms with E-state index in [1.807, 2.05) is 31.2 Å². The Kier molecular flexibility index (Phi) is 6.44. The number of carbonyl (C=O) groups is 1. The molecular formula is C21H27N3O4S. The molecule has 0 spiro atoms. The molecule has 7 nitrogen and oxygen atoms in total. The lowest BCUT2D eigenvalue weighted by molar-refractivity contribution is -0.132. The number of piperazine rings is 1. The lowest BCUT2D eigenvalue weighted by Crippen LogP contribution is -2.54. The molecule has 0 saturated carbocycles. The Morgan fingerprint density at radius 1 is 1.03 bits per heavy atom. The molecule has 1 aliphatic heterocycles. The van der Waals surface area contributed by atoms with Gasteiger partial charge in [0, 0.05) is 26.2 Å². The molecule has 1 atom stereocenters. The van der Waals surface area contributed by atoms with E-state index < -0.39 is 16.1 Å². The molecule has 0 unspecified atom stereocenters. The highest BCUT2D eigenvalue weighted by molar-refractivity contribution is 7.89. The average Bonchev–Trinajstić information content (AvgIpc) is 2.73. The van der Waals surface area contributed by atoms with Gasteiger partial charge >= 0.3 is 0 Å². The summed E-state index contributed by atoms with van der Waals surface area (Å²) >= 11 is 0. The molecule has 1 N–H and O–H groups in total. The van der Waals surface area contributed by atoms with Crippen molar-refractivity contribution < 1.29 is 17.9 Å². The molecule has 2 aromatic carbocycles. The van der Waals surface area contributed by atoms with Gasteiger partial charge in [0.1, 0.15) is 5.75 Å². The van der Waals surface area contributed by atoms with Crippen molar-refractivity contribution in [2.75, 3.05) is 38.2 Å². The van der Waals surface area contributed by atoms with Gasteiger partial charge in [-0.2, -0.15) is 4.72 Å². The van der Waals surface area contributed by atoms with Crippen LogP contribution >= 0.6 is 0 Å². The number of nitrogens with one attached hydrogen (secondary N) is 1. The van der Waals surface area contributed by atoms with Crippen LogP contribution in [0, 0.1) is 6.92 Å². The number of sulfonamides is 1. The molecule has 0 bridgehead atoms. The molecule has 0 aromatic heterocycles. The molecule has 1 fully saturated rings. The summed E-state index contributed by atoms with van der Waals surface area (Å²) in [6, 6.07) is 13.5. The zero-order chi connectivity index (χ0) is 21.0. The summed E-state index contributed by atoms with van der Waals surface area (Å²) in [6.07, 6.45) is 0. The van der Waals surface area contributed by atoms with Crippen molar-refractivity contribution in [3.8, 4) is 5.75 Å². The van der Waals surface area contributed by atoms with Crippen LogP contribution in [0.2, 0.25) is 0 Å². The molecule has 1 heterocycles.